The molecule has 2 N–H and O–H groups in total. The topological polar surface area (TPSA) is 78.9 Å². The van der Waals surface area contributed by atoms with E-state index in [0.717, 1.165) is 22.8 Å². The van der Waals surface area contributed by atoms with E-state index in [2.05, 4.69) is 15.0 Å². The van der Waals surface area contributed by atoms with Gasteiger partial charge in [0.05, 0.1) is 23.0 Å². The molecule has 0 aromatic carbocycles. The lowest BCUT2D eigenvalue weighted by Crippen LogP contribution is -1.97. The van der Waals surface area contributed by atoms with Crippen LogP contribution in [0, 0.1) is 0 Å². The minimum Gasteiger partial charge on any atom is -0.481 e. The van der Waals surface area contributed by atoms with Crippen molar-refractivity contribution < 1.29 is 9.90 Å². The Hall–Kier alpha value is -1.56. The quantitative estimate of drug-likeness (QED) is 0.741. The van der Waals surface area contributed by atoms with Crippen LogP contribution in [0.4, 0.5) is 0 Å². The highest BCUT2D eigenvalue weighted by atomic mass is 32.2. The van der Waals surface area contributed by atoms with Crippen molar-refractivity contribution in [1.82, 2.24) is 15.0 Å². The van der Waals surface area contributed by atoms with Crippen molar-refractivity contribution in [3.05, 3.63) is 18.5 Å². The van der Waals surface area contributed by atoms with Crippen LogP contribution < -0.4 is 0 Å². The summed E-state index contributed by atoms with van der Waals surface area (Å²) in [7, 11) is 0. The van der Waals surface area contributed by atoms with Gasteiger partial charge in [0.25, 0.3) is 0 Å². The van der Waals surface area contributed by atoms with Gasteiger partial charge in [-0.05, 0) is 6.07 Å². The average molecular weight is 209 g/mol. The van der Waals surface area contributed by atoms with Crippen molar-refractivity contribution in [3.8, 4) is 0 Å². The van der Waals surface area contributed by atoms with Crippen LogP contribution in [0.3, 0.4) is 0 Å². The lowest BCUT2D eigenvalue weighted by atomic mass is 10.4. The SMILES string of the molecule is O=C(O)CSc1nc2ccncc2[nH]1. The lowest BCUT2D eigenvalue weighted by molar-refractivity contribution is -0.133. The Labute approximate surface area is 83.6 Å². The van der Waals surface area contributed by atoms with Gasteiger partial charge in [-0.15, -0.1) is 0 Å². The van der Waals surface area contributed by atoms with Crippen molar-refractivity contribution in [2.75, 3.05) is 5.75 Å². The maximum Gasteiger partial charge on any atom is 0.313 e. The van der Waals surface area contributed by atoms with Crippen molar-refractivity contribution in [2.24, 2.45) is 0 Å². The van der Waals surface area contributed by atoms with Gasteiger partial charge in [0.2, 0.25) is 0 Å². The Kier molecular flexibility index (Phi) is 2.36. The second-order valence-corrected chi connectivity index (χ2v) is 3.58. The molecule has 0 radical (unpaired) electrons. The second-order valence-electron chi connectivity index (χ2n) is 2.62. The average Bonchev–Trinajstić information content (AvgIpc) is 2.57. The third-order valence-electron chi connectivity index (χ3n) is 1.59. The number of fused-ring (bicyclic) bond motifs is 1. The van der Waals surface area contributed by atoms with E-state index in [1.807, 2.05) is 0 Å². The molecule has 0 bridgehead atoms. The molecular formula is C8H7N3O2S. The number of aromatic amines is 1. The molecule has 0 spiro atoms. The summed E-state index contributed by atoms with van der Waals surface area (Å²) in [5.74, 6) is -0.846. The number of hydrogen-bond donors (Lipinski definition) is 2. The molecule has 2 aromatic rings. The summed E-state index contributed by atoms with van der Waals surface area (Å²) in [6.07, 6.45) is 3.31. The van der Waals surface area contributed by atoms with Gasteiger partial charge >= 0.3 is 5.97 Å². The number of nitrogens with zero attached hydrogens (tertiary/aromatic N) is 2. The first kappa shape index (κ1) is 9.01. The number of thioether (sulfide) groups is 1. The fraction of sp³-hybridized carbons (Fsp3) is 0.125. The summed E-state index contributed by atoms with van der Waals surface area (Å²) in [4.78, 5) is 21.4. The van der Waals surface area contributed by atoms with E-state index < -0.39 is 5.97 Å². The number of nitrogens with one attached hydrogen (secondary N) is 1. The predicted molar refractivity (Wildman–Crippen MR) is 52.2 cm³/mol. The highest BCUT2D eigenvalue weighted by Gasteiger charge is 2.04. The molecule has 2 aromatic heterocycles. The number of aliphatic carboxylic acids is 1. The number of carbonyl (C=O) groups is 1. The first-order chi connectivity index (χ1) is 6.75. The molecule has 2 heterocycles. The zero-order chi connectivity index (χ0) is 9.97. The maximum atomic E-state index is 10.3. The van der Waals surface area contributed by atoms with Crippen molar-refractivity contribution >= 4 is 28.8 Å². The van der Waals surface area contributed by atoms with E-state index in [4.69, 9.17) is 5.11 Å². The standard InChI is InChI=1S/C8H7N3O2S/c12-7(13)4-14-8-10-5-1-2-9-3-6(5)11-8/h1-3H,4H2,(H,10,11)(H,12,13). The Morgan fingerprint density at radius 2 is 2.50 bits per heavy atom. The van der Waals surface area contributed by atoms with E-state index >= 15 is 0 Å². The Balaban J connectivity index is 2.22. The number of hydrogen-bond acceptors (Lipinski definition) is 4. The smallest absolute Gasteiger partial charge is 0.313 e. The van der Waals surface area contributed by atoms with Gasteiger partial charge in [0.1, 0.15) is 0 Å². The first-order valence-corrected chi connectivity index (χ1v) is 4.88. The lowest BCUT2D eigenvalue weighted by Gasteiger charge is -1.89. The molecule has 0 amide bonds. The number of H-pyrrole nitrogens is 1. The molecule has 0 atom stereocenters. The van der Waals surface area contributed by atoms with E-state index in [0.29, 0.717) is 5.16 Å². The Bertz CT molecular complexity index is 435. The Morgan fingerprint density at radius 3 is 3.21 bits per heavy atom. The third kappa shape index (κ3) is 1.85. The van der Waals surface area contributed by atoms with Crippen molar-refractivity contribution in [3.63, 3.8) is 0 Å². The molecule has 5 nitrogen and oxygen atoms in total. The van der Waals surface area contributed by atoms with Crippen molar-refractivity contribution in [1.29, 1.82) is 0 Å². The summed E-state index contributed by atoms with van der Waals surface area (Å²) in [5, 5.41) is 9.08. The van der Waals surface area contributed by atoms with Crippen molar-refractivity contribution in [2.45, 2.75) is 5.16 Å². The number of aromatic nitrogens is 3. The van der Waals surface area contributed by atoms with Crippen LogP contribution in [0.25, 0.3) is 11.0 Å². The van der Waals surface area contributed by atoms with Gasteiger partial charge in [-0.3, -0.25) is 9.78 Å². The minimum atomic E-state index is -0.853. The number of carboxylic acids is 1. The molecular weight excluding hydrogens is 202 g/mol. The van der Waals surface area contributed by atoms with Crippen LogP contribution in [0.2, 0.25) is 0 Å². The zero-order valence-corrected chi connectivity index (χ0v) is 7.91. The summed E-state index contributed by atoms with van der Waals surface area (Å²) < 4.78 is 0. The van der Waals surface area contributed by atoms with Gasteiger partial charge in [-0.2, -0.15) is 0 Å². The van der Waals surface area contributed by atoms with Crippen LogP contribution in [0.15, 0.2) is 23.6 Å². The van der Waals surface area contributed by atoms with Crippen LogP contribution in [0.1, 0.15) is 0 Å². The molecule has 0 aliphatic carbocycles. The van der Waals surface area contributed by atoms with Gasteiger partial charge in [0, 0.05) is 6.20 Å². The van der Waals surface area contributed by atoms with Crippen LogP contribution in [-0.4, -0.2) is 31.8 Å². The molecule has 0 saturated carbocycles. The molecule has 0 fully saturated rings. The summed E-state index contributed by atoms with van der Waals surface area (Å²) in [6, 6.07) is 1.77. The number of carboxylic acid groups (broad SMARTS) is 1. The fourth-order valence-corrected chi connectivity index (χ4v) is 1.64. The van der Waals surface area contributed by atoms with Crippen LogP contribution in [-0.2, 0) is 4.79 Å². The molecule has 6 heteroatoms. The fourth-order valence-electron chi connectivity index (χ4n) is 1.03. The molecule has 0 unspecified atom stereocenters. The highest BCUT2D eigenvalue weighted by molar-refractivity contribution is 7.99. The summed E-state index contributed by atoms with van der Waals surface area (Å²) >= 11 is 1.16. The molecule has 2 rings (SSSR count). The second kappa shape index (κ2) is 3.67. The van der Waals surface area contributed by atoms with Crippen LogP contribution >= 0.6 is 11.8 Å². The maximum absolute atomic E-state index is 10.3. The van der Waals surface area contributed by atoms with Gasteiger partial charge in [-0.25, -0.2) is 4.98 Å². The zero-order valence-electron chi connectivity index (χ0n) is 7.10. The van der Waals surface area contributed by atoms with Gasteiger partial charge in [0.15, 0.2) is 5.16 Å². The van der Waals surface area contributed by atoms with E-state index in [1.54, 1.807) is 18.5 Å². The molecule has 0 aliphatic heterocycles. The monoisotopic (exact) mass is 209 g/mol. The molecule has 14 heavy (non-hydrogen) atoms. The number of imidazole rings is 1. The number of pyridine rings is 1. The molecule has 0 saturated heterocycles. The first-order valence-electron chi connectivity index (χ1n) is 3.90. The summed E-state index contributed by atoms with van der Waals surface area (Å²) in [5.41, 5.74) is 1.62. The van der Waals surface area contributed by atoms with Gasteiger partial charge in [-0.1, -0.05) is 11.8 Å². The third-order valence-corrected chi connectivity index (χ3v) is 2.45. The highest BCUT2D eigenvalue weighted by Crippen LogP contribution is 2.17. The van der Waals surface area contributed by atoms with Crippen LogP contribution in [0.5, 0.6) is 0 Å². The van der Waals surface area contributed by atoms with E-state index in [-0.39, 0.29) is 5.75 Å². The normalized spacial score (nSPS) is 10.6. The molecule has 72 valence electrons. The number of rotatable bonds is 3. The summed E-state index contributed by atoms with van der Waals surface area (Å²) in [6.45, 7) is 0. The van der Waals surface area contributed by atoms with Gasteiger partial charge < -0.3 is 10.1 Å². The predicted octanol–water partition coefficient (Wildman–Crippen LogP) is 1.13. The van der Waals surface area contributed by atoms with E-state index in [1.165, 1.54) is 0 Å². The van der Waals surface area contributed by atoms with E-state index in [9.17, 15) is 4.79 Å². The minimum absolute atomic E-state index is 0.00719. The largest absolute Gasteiger partial charge is 0.481 e. The Morgan fingerprint density at radius 1 is 1.64 bits per heavy atom. The molecule has 0 aliphatic rings.